The summed E-state index contributed by atoms with van der Waals surface area (Å²) in [5, 5.41) is 2.81. The third kappa shape index (κ3) is 2.29. The van der Waals surface area contributed by atoms with Gasteiger partial charge in [0.25, 0.3) is 0 Å². The lowest BCUT2D eigenvalue weighted by molar-refractivity contribution is -0.130. The van der Waals surface area contributed by atoms with Crippen LogP contribution in [0.5, 0.6) is 0 Å². The van der Waals surface area contributed by atoms with Crippen molar-refractivity contribution in [3.8, 4) is 0 Å². The van der Waals surface area contributed by atoms with Crippen molar-refractivity contribution in [1.82, 2.24) is 10.2 Å². The summed E-state index contributed by atoms with van der Waals surface area (Å²) in [6, 6.07) is 9.97. The summed E-state index contributed by atoms with van der Waals surface area (Å²) in [6.45, 7) is 2.74. The fourth-order valence-electron chi connectivity index (χ4n) is 3.15. The van der Waals surface area contributed by atoms with Gasteiger partial charge >= 0.3 is 0 Å². The molecule has 2 heterocycles. The molecule has 2 saturated heterocycles. The fraction of sp³-hybridized carbons (Fsp3) is 0.467. The van der Waals surface area contributed by atoms with E-state index < -0.39 is 0 Å². The van der Waals surface area contributed by atoms with Crippen LogP contribution in [0.2, 0.25) is 0 Å². The molecule has 1 aromatic rings. The summed E-state index contributed by atoms with van der Waals surface area (Å²) in [5.74, 6) is 0.0330. The minimum atomic E-state index is -0.125. The first kappa shape index (κ1) is 13.1. The van der Waals surface area contributed by atoms with E-state index in [1.807, 2.05) is 23.1 Å². The van der Waals surface area contributed by atoms with Gasteiger partial charge in [-0.1, -0.05) is 30.3 Å². The number of likely N-dealkylation sites (tertiary alicyclic amines) is 1. The van der Waals surface area contributed by atoms with Gasteiger partial charge in [0.2, 0.25) is 11.8 Å². The van der Waals surface area contributed by atoms with E-state index in [0.29, 0.717) is 13.1 Å². The molecule has 2 aliphatic rings. The normalized spacial score (nSPS) is 29.6. The molecule has 1 N–H and O–H groups in total. The van der Waals surface area contributed by atoms with E-state index in [0.717, 1.165) is 5.56 Å². The van der Waals surface area contributed by atoms with Crippen LogP contribution in [0.15, 0.2) is 30.3 Å². The Morgan fingerprint density at radius 2 is 2.10 bits per heavy atom. The van der Waals surface area contributed by atoms with Crippen molar-refractivity contribution in [3.63, 3.8) is 0 Å². The molecule has 3 atom stereocenters. The maximum atomic E-state index is 11.8. The van der Waals surface area contributed by atoms with E-state index in [4.69, 9.17) is 4.74 Å². The number of hydrogen-bond donors (Lipinski definition) is 1. The maximum Gasteiger partial charge on any atom is 0.246 e. The van der Waals surface area contributed by atoms with Crippen LogP contribution in [0.25, 0.3) is 0 Å². The lowest BCUT2D eigenvalue weighted by atomic mass is 9.93. The van der Waals surface area contributed by atoms with E-state index in [9.17, 15) is 9.59 Å². The molecule has 3 rings (SSSR count). The van der Waals surface area contributed by atoms with Crippen molar-refractivity contribution in [3.05, 3.63) is 35.9 Å². The molecule has 2 amide bonds. The molecule has 106 valence electrons. The van der Waals surface area contributed by atoms with Crippen molar-refractivity contribution >= 4 is 11.8 Å². The highest BCUT2D eigenvalue weighted by atomic mass is 16.5. The van der Waals surface area contributed by atoms with Crippen LogP contribution in [0.4, 0.5) is 0 Å². The topological polar surface area (TPSA) is 58.6 Å². The summed E-state index contributed by atoms with van der Waals surface area (Å²) in [4.78, 5) is 25.1. The smallest absolute Gasteiger partial charge is 0.246 e. The van der Waals surface area contributed by atoms with Gasteiger partial charge in [-0.15, -0.1) is 0 Å². The zero-order valence-electron chi connectivity index (χ0n) is 11.4. The second-order valence-corrected chi connectivity index (χ2v) is 5.34. The number of hydrogen-bond acceptors (Lipinski definition) is 3. The lowest BCUT2D eigenvalue weighted by Gasteiger charge is -2.25. The Hall–Kier alpha value is -1.88. The Kier molecular flexibility index (Phi) is 3.44. The first-order valence-corrected chi connectivity index (χ1v) is 6.87. The van der Waals surface area contributed by atoms with Gasteiger partial charge in [-0.05, 0) is 5.56 Å². The van der Waals surface area contributed by atoms with Gasteiger partial charge in [-0.2, -0.15) is 0 Å². The standard InChI is InChI=1S/C15H18N2O3/c1-10(18)17-8-12(11-5-3-2-4-6-11)15-13(17)7-16-14(19)9-20-15/h2-6,12-13,15H,7-9H2,1H3,(H,16,19)/t12-,13-,15-/m1/s1. The molecule has 0 spiro atoms. The molecule has 0 aliphatic carbocycles. The Balaban J connectivity index is 1.91. The van der Waals surface area contributed by atoms with Gasteiger partial charge in [0.05, 0.1) is 12.1 Å². The summed E-state index contributed by atoms with van der Waals surface area (Å²) in [5.41, 5.74) is 1.15. The van der Waals surface area contributed by atoms with Crippen molar-refractivity contribution in [2.24, 2.45) is 0 Å². The molecule has 5 heteroatoms. The second-order valence-electron chi connectivity index (χ2n) is 5.34. The minimum absolute atomic E-state index is 0.0261. The third-order valence-corrected chi connectivity index (χ3v) is 4.12. The first-order chi connectivity index (χ1) is 9.66. The van der Waals surface area contributed by atoms with Gasteiger partial charge in [-0.3, -0.25) is 9.59 Å². The van der Waals surface area contributed by atoms with Gasteiger partial charge in [0.1, 0.15) is 6.61 Å². The highest BCUT2D eigenvalue weighted by Gasteiger charge is 2.45. The highest BCUT2D eigenvalue weighted by molar-refractivity contribution is 5.78. The Morgan fingerprint density at radius 3 is 2.80 bits per heavy atom. The zero-order valence-corrected chi connectivity index (χ0v) is 11.4. The van der Waals surface area contributed by atoms with E-state index in [1.54, 1.807) is 6.92 Å². The monoisotopic (exact) mass is 274 g/mol. The number of rotatable bonds is 1. The first-order valence-electron chi connectivity index (χ1n) is 6.87. The average molecular weight is 274 g/mol. The maximum absolute atomic E-state index is 11.8. The van der Waals surface area contributed by atoms with Crippen molar-refractivity contribution in [1.29, 1.82) is 0 Å². The largest absolute Gasteiger partial charge is 0.365 e. The lowest BCUT2D eigenvalue weighted by Crippen LogP contribution is -2.44. The molecule has 2 fully saturated rings. The molecule has 20 heavy (non-hydrogen) atoms. The molecule has 0 unspecified atom stereocenters. The van der Waals surface area contributed by atoms with E-state index >= 15 is 0 Å². The van der Waals surface area contributed by atoms with Gasteiger partial charge in [-0.25, -0.2) is 0 Å². The van der Waals surface area contributed by atoms with E-state index in [1.165, 1.54) is 0 Å². The Morgan fingerprint density at radius 1 is 1.35 bits per heavy atom. The van der Waals surface area contributed by atoms with Crippen molar-refractivity contribution in [2.75, 3.05) is 19.7 Å². The van der Waals surface area contributed by atoms with Gasteiger partial charge in [0.15, 0.2) is 0 Å². The van der Waals surface area contributed by atoms with Gasteiger partial charge in [0, 0.05) is 25.9 Å². The molecule has 1 aromatic carbocycles. The molecule has 0 bridgehead atoms. The SMILES string of the molecule is CC(=O)N1C[C@H](c2ccccc2)[C@H]2OCC(=O)NC[C@H]21. The highest BCUT2D eigenvalue weighted by Crippen LogP contribution is 2.34. The number of nitrogens with one attached hydrogen (secondary N) is 1. The molecule has 0 radical (unpaired) electrons. The fourth-order valence-corrected chi connectivity index (χ4v) is 3.15. The number of benzene rings is 1. The predicted molar refractivity (Wildman–Crippen MR) is 73.1 cm³/mol. The molecular weight excluding hydrogens is 256 g/mol. The molecule has 5 nitrogen and oxygen atoms in total. The number of amides is 2. The van der Waals surface area contributed by atoms with Crippen molar-refractivity contribution in [2.45, 2.75) is 25.0 Å². The van der Waals surface area contributed by atoms with Crippen LogP contribution in [-0.2, 0) is 14.3 Å². The van der Waals surface area contributed by atoms with E-state index in [2.05, 4.69) is 17.4 Å². The minimum Gasteiger partial charge on any atom is -0.365 e. The summed E-state index contributed by atoms with van der Waals surface area (Å²) < 4.78 is 5.78. The quantitative estimate of drug-likeness (QED) is 0.812. The summed E-state index contributed by atoms with van der Waals surface area (Å²) in [7, 11) is 0. The number of nitrogens with zero attached hydrogens (tertiary/aromatic N) is 1. The Labute approximate surface area is 117 Å². The molecule has 0 aromatic heterocycles. The molecular formula is C15H18N2O3. The van der Waals surface area contributed by atoms with Gasteiger partial charge < -0.3 is 15.0 Å². The molecule has 0 saturated carbocycles. The predicted octanol–water partition coefficient (Wildman–Crippen LogP) is 0.516. The van der Waals surface area contributed by atoms with Crippen LogP contribution in [0.3, 0.4) is 0 Å². The number of fused-ring (bicyclic) bond motifs is 1. The zero-order chi connectivity index (χ0) is 14.1. The van der Waals surface area contributed by atoms with Crippen LogP contribution in [-0.4, -0.2) is 48.6 Å². The van der Waals surface area contributed by atoms with Crippen LogP contribution in [0, 0.1) is 0 Å². The Bertz CT molecular complexity index is 517. The van der Waals surface area contributed by atoms with E-state index in [-0.39, 0.29) is 36.5 Å². The number of ether oxygens (including phenoxy) is 1. The molecule has 2 aliphatic heterocycles. The third-order valence-electron chi connectivity index (χ3n) is 4.12. The number of carbonyl (C=O) groups is 2. The van der Waals surface area contributed by atoms with Crippen LogP contribution >= 0.6 is 0 Å². The van der Waals surface area contributed by atoms with Crippen molar-refractivity contribution < 1.29 is 14.3 Å². The van der Waals surface area contributed by atoms with Crippen LogP contribution < -0.4 is 5.32 Å². The second kappa shape index (κ2) is 5.25. The van der Waals surface area contributed by atoms with Crippen LogP contribution in [0.1, 0.15) is 18.4 Å². The summed E-state index contributed by atoms with van der Waals surface area (Å²) in [6.07, 6.45) is -0.125. The average Bonchev–Trinajstić information content (AvgIpc) is 2.72. The summed E-state index contributed by atoms with van der Waals surface area (Å²) >= 11 is 0. The number of carbonyl (C=O) groups excluding carboxylic acids is 2.